The van der Waals surface area contributed by atoms with Crippen LogP contribution in [0.1, 0.15) is 26.3 Å². The molecule has 0 bridgehead atoms. The molecule has 0 saturated carbocycles. The maximum Gasteiger partial charge on any atom is 0.272 e. The molecule has 0 fully saturated rings. The lowest BCUT2D eigenvalue weighted by molar-refractivity contribution is -0.123. The number of carbonyl (C=O) groups is 1. The Morgan fingerprint density at radius 1 is 1.27 bits per heavy atom. The zero-order valence-corrected chi connectivity index (χ0v) is 16.4. The minimum Gasteiger partial charge on any atom is -0.298 e. The fraction of sp³-hybridized carbons (Fsp3) is 0.316. The van der Waals surface area contributed by atoms with Gasteiger partial charge < -0.3 is 0 Å². The summed E-state index contributed by atoms with van der Waals surface area (Å²) in [5.74, 6) is -0.0879. The SMILES string of the molecule is CC(C)(C)C(=O)CSc1nc2ccsc2c(=O)n1Cc1ccccc1F. The van der Waals surface area contributed by atoms with Gasteiger partial charge in [-0.2, -0.15) is 0 Å². The molecular weight excluding hydrogens is 371 g/mol. The Bertz CT molecular complexity index is 1020. The molecule has 0 saturated heterocycles. The zero-order valence-electron chi connectivity index (χ0n) is 14.8. The van der Waals surface area contributed by atoms with Crippen molar-refractivity contribution in [3.05, 3.63) is 57.4 Å². The number of thiophene rings is 1. The molecule has 3 rings (SSSR count). The van der Waals surface area contributed by atoms with Crippen LogP contribution in [0.3, 0.4) is 0 Å². The maximum absolute atomic E-state index is 14.1. The smallest absolute Gasteiger partial charge is 0.272 e. The molecule has 0 unspecified atom stereocenters. The minimum absolute atomic E-state index is 0.0691. The van der Waals surface area contributed by atoms with Gasteiger partial charge in [-0.1, -0.05) is 50.7 Å². The normalized spacial score (nSPS) is 11.8. The van der Waals surface area contributed by atoms with E-state index in [-0.39, 0.29) is 29.5 Å². The van der Waals surface area contributed by atoms with E-state index in [0.29, 0.717) is 20.9 Å². The van der Waals surface area contributed by atoms with Gasteiger partial charge in [0.15, 0.2) is 5.16 Å². The average molecular weight is 391 g/mol. The van der Waals surface area contributed by atoms with Crippen LogP contribution in [0.25, 0.3) is 10.2 Å². The number of hydrogen-bond donors (Lipinski definition) is 0. The summed E-state index contributed by atoms with van der Waals surface area (Å²) in [5, 5.41) is 2.24. The highest BCUT2D eigenvalue weighted by Crippen LogP contribution is 2.25. The Kier molecular flexibility index (Phi) is 5.29. The van der Waals surface area contributed by atoms with E-state index < -0.39 is 5.41 Å². The first-order valence-electron chi connectivity index (χ1n) is 8.15. The number of ketones is 1. The lowest BCUT2D eigenvalue weighted by Gasteiger charge is -2.17. The van der Waals surface area contributed by atoms with E-state index in [1.165, 1.54) is 33.7 Å². The van der Waals surface area contributed by atoms with Gasteiger partial charge in [0.2, 0.25) is 0 Å². The third-order valence-electron chi connectivity index (χ3n) is 3.99. The van der Waals surface area contributed by atoms with Crippen LogP contribution >= 0.6 is 23.1 Å². The van der Waals surface area contributed by atoms with Gasteiger partial charge in [-0.3, -0.25) is 14.2 Å². The second-order valence-electron chi connectivity index (χ2n) is 6.97. The van der Waals surface area contributed by atoms with Crippen molar-refractivity contribution in [2.75, 3.05) is 5.75 Å². The van der Waals surface area contributed by atoms with Crippen molar-refractivity contribution in [1.82, 2.24) is 9.55 Å². The third kappa shape index (κ3) is 3.88. The lowest BCUT2D eigenvalue weighted by atomic mass is 9.92. The van der Waals surface area contributed by atoms with Crippen molar-refractivity contribution in [2.24, 2.45) is 5.41 Å². The van der Waals surface area contributed by atoms with Crippen molar-refractivity contribution in [1.29, 1.82) is 0 Å². The largest absolute Gasteiger partial charge is 0.298 e. The predicted molar refractivity (Wildman–Crippen MR) is 105 cm³/mol. The zero-order chi connectivity index (χ0) is 18.9. The molecule has 0 atom stereocenters. The summed E-state index contributed by atoms with van der Waals surface area (Å²) in [4.78, 5) is 29.7. The second kappa shape index (κ2) is 7.32. The first-order chi connectivity index (χ1) is 12.3. The summed E-state index contributed by atoms with van der Waals surface area (Å²) in [6.45, 7) is 5.66. The highest BCUT2D eigenvalue weighted by atomic mass is 32.2. The van der Waals surface area contributed by atoms with Gasteiger partial charge in [-0.15, -0.1) is 11.3 Å². The first kappa shape index (κ1) is 18.8. The van der Waals surface area contributed by atoms with Gasteiger partial charge in [0, 0.05) is 11.0 Å². The van der Waals surface area contributed by atoms with Gasteiger partial charge >= 0.3 is 0 Å². The molecule has 0 amide bonds. The van der Waals surface area contributed by atoms with Crippen molar-refractivity contribution < 1.29 is 9.18 Å². The molecular formula is C19H19FN2O2S2. The number of carbonyl (C=O) groups excluding carboxylic acids is 1. The van der Waals surface area contributed by atoms with Crippen LogP contribution in [0, 0.1) is 11.2 Å². The van der Waals surface area contributed by atoms with Crippen molar-refractivity contribution in [3.63, 3.8) is 0 Å². The van der Waals surface area contributed by atoms with E-state index in [1.54, 1.807) is 29.6 Å². The Morgan fingerprint density at radius 2 is 2.00 bits per heavy atom. The Labute approximate surface area is 159 Å². The number of thioether (sulfide) groups is 1. The monoisotopic (exact) mass is 390 g/mol. The maximum atomic E-state index is 14.1. The number of nitrogens with zero attached hydrogens (tertiary/aromatic N) is 2. The molecule has 26 heavy (non-hydrogen) atoms. The molecule has 4 nitrogen and oxygen atoms in total. The average Bonchev–Trinajstić information content (AvgIpc) is 3.05. The number of benzene rings is 1. The summed E-state index contributed by atoms with van der Waals surface area (Å²) in [6.07, 6.45) is 0. The summed E-state index contributed by atoms with van der Waals surface area (Å²) in [6, 6.07) is 8.14. The molecule has 2 aromatic heterocycles. The fourth-order valence-electron chi connectivity index (χ4n) is 2.32. The lowest BCUT2D eigenvalue weighted by Crippen LogP contribution is -2.25. The van der Waals surface area contributed by atoms with E-state index in [1.807, 2.05) is 20.8 Å². The van der Waals surface area contributed by atoms with E-state index in [0.717, 1.165) is 0 Å². The number of rotatable bonds is 5. The number of Topliss-reactive ketones (excluding diaryl/α,β-unsaturated/α-hetero) is 1. The van der Waals surface area contributed by atoms with Gasteiger partial charge in [0.1, 0.15) is 16.3 Å². The molecule has 0 aliphatic heterocycles. The van der Waals surface area contributed by atoms with E-state index >= 15 is 0 Å². The topological polar surface area (TPSA) is 52.0 Å². The first-order valence-corrected chi connectivity index (χ1v) is 10.0. The molecule has 136 valence electrons. The molecule has 0 aliphatic rings. The standard InChI is InChI=1S/C19H19FN2O2S2/c1-19(2,3)15(23)11-26-18-21-14-8-9-25-16(14)17(24)22(18)10-12-6-4-5-7-13(12)20/h4-9H,10-11H2,1-3H3. The van der Waals surface area contributed by atoms with Gasteiger partial charge in [0.25, 0.3) is 5.56 Å². The summed E-state index contributed by atoms with van der Waals surface area (Å²) in [7, 11) is 0. The van der Waals surface area contributed by atoms with E-state index in [2.05, 4.69) is 4.98 Å². The quantitative estimate of drug-likeness (QED) is 0.480. The fourth-order valence-corrected chi connectivity index (χ4v) is 4.25. The van der Waals surface area contributed by atoms with Gasteiger partial charge in [0.05, 0.1) is 17.8 Å². The van der Waals surface area contributed by atoms with Crippen molar-refractivity contribution in [3.8, 4) is 0 Å². The second-order valence-corrected chi connectivity index (χ2v) is 8.83. The van der Waals surface area contributed by atoms with Crippen molar-refractivity contribution in [2.45, 2.75) is 32.5 Å². The van der Waals surface area contributed by atoms with E-state index in [9.17, 15) is 14.0 Å². The molecule has 0 spiro atoms. The molecule has 7 heteroatoms. The number of hydrogen-bond acceptors (Lipinski definition) is 5. The third-order valence-corrected chi connectivity index (χ3v) is 5.85. The van der Waals surface area contributed by atoms with Crippen LogP contribution in [0.5, 0.6) is 0 Å². The molecule has 1 aromatic carbocycles. The summed E-state index contributed by atoms with van der Waals surface area (Å²) in [5.41, 5.74) is 0.349. The van der Waals surface area contributed by atoms with Gasteiger partial charge in [-0.25, -0.2) is 9.37 Å². The molecule has 3 aromatic rings. The van der Waals surface area contributed by atoms with Crippen LogP contribution in [0.2, 0.25) is 0 Å². The van der Waals surface area contributed by atoms with Crippen molar-refractivity contribution >= 4 is 39.1 Å². The molecule has 0 radical (unpaired) electrons. The number of aromatic nitrogens is 2. The van der Waals surface area contributed by atoms with Crippen LogP contribution < -0.4 is 5.56 Å². The number of halogens is 1. The summed E-state index contributed by atoms with van der Waals surface area (Å²) >= 11 is 2.54. The van der Waals surface area contributed by atoms with E-state index in [4.69, 9.17) is 0 Å². The number of fused-ring (bicyclic) bond motifs is 1. The van der Waals surface area contributed by atoms with Crippen LogP contribution in [-0.2, 0) is 11.3 Å². The Hall–Kier alpha value is -1.99. The molecule has 0 N–H and O–H groups in total. The van der Waals surface area contributed by atoms with Crippen LogP contribution in [-0.4, -0.2) is 21.1 Å². The molecule has 2 heterocycles. The van der Waals surface area contributed by atoms with Gasteiger partial charge in [-0.05, 0) is 17.5 Å². The predicted octanol–water partition coefficient (Wildman–Crippen LogP) is 4.35. The molecule has 0 aliphatic carbocycles. The highest BCUT2D eigenvalue weighted by Gasteiger charge is 2.22. The highest BCUT2D eigenvalue weighted by molar-refractivity contribution is 7.99. The van der Waals surface area contributed by atoms with Crippen LogP contribution in [0.15, 0.2) is 45.7 Å². The summed E-state index contributed by atoms with van der Waals surface area (Å²) < 4.78 is 16.1. The van der Waals surface area contributed by atoms with Crippen LogP contribution in [0.4, 0.5) is 4.39 Å². The minimum atomic E-state index is -0.462. The Balaban J connectivity index is 2.02. The Morgan fingerprint density at radius 3 is 2.69 bits per heavy atom.